The topological polar surface area (TPSA) is 71.1 Å². The van der Waals surface area contributed by atoms with E-state index in [0.29, 0.717) is 6.42 Å². The highest BCUT2D eigenvalue weighted by Gasteiger charge is 2.53. The summed E-state index contributed by atoms with van der Waals surface area (Å²) < 4.78 is 22.3. The average molecular weight is 427 g/mol. The highest BCUT2D eigenvalue weighted by atomic mass is 16.6. The average Bonchev–Trinajstić information content (AvgIpc) is 3.22. The number of hydrogen-bond donors (Lipinski definition) is 0. The molecule has 3 rings (SSSR count). The van der Waals surface area contributed by atoms with Gasteiger partial charge in [-0.05, 0) is 72.2 Å². The van der Waals surface area contributed by atoms with Gasteiger partial charge in [-0.25, -0.2) is 9.59 Å². The molecule has 2 bridgehead atoms. The van der Waals surface area contributed by atoms with E-state index in [1.54, 1.807) is 48.7 Å². The van der Waals surface area contributed by atoms with E-state index < -0.39 is 35.3 Å². The van der Waals surface area contributed by atoms with Gasteiger partial charge in [0.2, 0.25) is 0 Å². The van der Waals surface area contributed by atoms with Crippen LogP contribution in [0, 0.1) is 17.8 Å². The number of esters is 2. The molecule has 6 heteroatoms. The zero-order chi connectivity index (χ0) is 23.0. The second kappa shape index (κ2) is 8.39. The van der Waals surface area contributed by atoms with Crippen LogP contribution >= 0.6 is 0 Å². The van der Waals surface area contributed by atoms with Crippen LogP contribution < -0.4 is 4.74 Å². The van der Waals surface area contributed by atoms with E-state index in [4.69, 9.17) is 18.9 Å². The van der Waals surface area contributed by atoms with Crippen molar-refractivity contribution in [3.05, 3.63) is 41.0 Å². The molecule has 6 nitrogen and oxygen atoms in total. The minimum atomic E-state index is -0.699. The largest absolute Gasteiger partial charge is 0.497 e. The van der Waals surface area contributed by atoms with E-state index in [1.165, 1.54) is 0 Å². The van der Waals surface area contributed by atoms with Crippen molar-refractivity contribution >= 4 is 11.9 Å². The van der Waals surface area contributed by atoms with Gasteiger partial charge in [0, 0.05) is 5.56 Å². The van der Waals surface area contributed by atoms with Crippen LogP contribution in [0.25, 0.3) is 0 Å². The van der Waals surface area contributed by atoms with Gasteiger partial charge < -0.3 is 18.9 Å². The first-order chi connectivity index (χ1) is 14.4. The monoisotopic (exact) mass is 426 g/mol. The minimum absolute atomic E-state index is 0.221. The van der Waals surface area contributed by atoms with Crippen molar-refractivity contribution in [3.8, 4) is 17.6 Å². The smallest absolute Gasteiger partial charge is 0.337 e. The number of methoxy groups -OCH3 is 1. The van der Waals surface area contributed by atoms with Crippen molar-refractivity contribution in [2.24, 2.45) is 5.92 Å². The van der Waals surface area contributed by atoms with Gasteiger partial charge in [-0.3, -0.25) is 0 Å². The molecule has 0 spiro atoms. The Balaban J connectivity index is 1.90. The van der Waals surface area contributed by atoms with E-state index in [0.717, 1.165) is 11.3 Å². The summed E-state index contributed by atoms with van der Waals surface area (Å²) in [6.45, 7) is 10.7. The molecule has 0 radical (unpaired) electrons. The van der Waals surface area contributed by atoms with Crippen LogP contribution in [-0.2, 0) is 23.8 Å². The van der Waals surface area contributed by atoms with Crippen LogP contribution in [0.3, 0.4) is 0 Å². The first kappa shape index (κ1) is 22.9. The highest BCUT2D eigenvalue weighted by molar-refractivity contribution is 6.03. The van der Waals surface area contributed by atoms with Gasteiger partial charge >= 0.3 is 11.9 Å². The van der Waals surface area contributed by atoms with Gasteiger partial charge in [0.05, 0.1) is 30.3 Å². The Morgan fingerprint density at radius 2 is 1.48 bits per heavy atom. The van der Waals surface area contributed by atoms with E-state index >= 15 is 0 Å². The van der Waals surface area contributed by atoms with Crippen LogP contribution in [0.4, 0.5) is 0 Å². The summed E-state index contributed by atoms with van der Waals surface area (Å²) in [4.78, 5) is 25.9. The molecular weight excluding hydrogens is 396 g/mol. The van der Waals surface area contributed by atoms with Crippen molar-refractivity contribution in [2.45, 2.75) is 71.4 Å². The molecular formula is C25H30O6. The van der Waals surface area contributed by atoms with Gasteiger partial charge in [-0.1, -0.05) is 11.8 Å². The lowest BCUT2D eigenvalue weighted by atomic mass is 9.83. The quantitative estimate of drug-likeness (QED) is 0.541. The molecule has 2 aliphatic rings. The number of rotatable bonds is 3. The number of ether oxygens (including phenoxy) is 4. The molecule has 0 aliphatic carbocycles. The molecule has 1 fully saturated rings. The summed E-state index contributed by atoms with van der Waals surface area (Å²) >= 11 is 0. The molecule has 0 N–H and O–H groups in total. The lowest BCUT2D eigenvalue weighted by Crippen LogP contribution is -2.34. The molecule has 166 valence electrons. The Kier molecular flexibility index (Phi) is 6.20. The van der Waals surface area contributed by atoms with Crippen molar-refractivity contribution < 1.29 is 28.5 Å². The Morgan fingerprint density at radius 1 is 0.935 bits per heavy atom. The van der Waals surface area contributed by atoms with E-state index in [-0.39, 0.29) is 17.1 Å². The Morgan fingerprint density at radius 3 is 2.00 bits per heavy atom. The van der Waals surface area contributed by atoms with E-state index in [2.05, 4.69) is 11.8 Å². The van der Waals surface area contributed by atoms with Crippen LogP contribution in [0.15, 0.2) is 35.4 Å². The van der Waals surface area contributed by atoms with Gasteiger partial charge in [0.15, 0.2) is 0 Å². The van der Waals surface area contributed by atoms with Gasteiger partial charge in [0.1, 0.15) is 23.1 Å². The number of carbonyl (C=O) groups is 2. The molecule has 3 atom stereocenters. The number of benzene rings is 1. The van der Waals surface area contributed by atoms with Crippen LogP contribution in [-0.4, -0.2) is 42.5 Å². The van der Waals surface area contributed by atoms with Gasteiger partial charge in [0.25, 0.3) is 0 Å². The predicted molar refractivity (Wildman–Crippen MR) is 115 cm³/mol. The van der Waals surface area contributed by atoms with Gasteiger partial charge in [-0.15, -0.1) is 0 Å². The third kappa shape index (κ3) is 5.48. The summed E-state index contributed by atoms with van der Waals surface area (Å²) in [5, 5.41) is 0. The summed E-state index contributed by atoms with van der Waals surface area (Å²) in [7, 11) is 1.61. The summed E-state index contributed by atoms with van der Waals surface area (Å²) in [6, 6.07) is 7.43. The minimum Gasteiger partial charge on any atom is -0.497 e. The summed E-state index contributed by atoms with van der Waals surface area (Å²) in [5.41, 5.74) is -0.0572. The molecule has 0 aromatic heterocycles. The Bertz CT molecular complexity index is 947. The number of hydrogen-bond acceptors (Lipinski definition) is 6. The van der Waals surface area contributed by atoms with Crippen molar-refractivity contribution in [1.82, 2.24) is 0 Å². The molecule has 2 aliphatic heterocycles. The molecule has 2 heterocycles. The first-order valence-electron chi connectivity index (χ1n) is 10.4. The fourth-order valence-electron chi connectivity index (χ4n) is 3.58. The molecule has 1 aromatic carbocycles. The van der Waals surface area contributed by atoms with E-state index in [9.17, 15) is 9.59 Å². The van der Waals surface area contributed by atoms with Crippen LogP contribution in [0.1, 0.15) is 53.5 Å². The molecule has 1 aromatic rings. The number of fused-ring (bicyclic) bond motifs is 2. The zero-order valence-electron chi connectivity index (χ0n) is 19.2. The van der Waals surface area contributed by atoms with Crippen molar-refractivity contribution in [2.75, 3.05) is 7.11 Å². The van der Waals surface area contributed by atoms with Crippen LogP contribution in [0.2, 0.25) is 0 Å². The molecule has 3 unspecified atom stereocenters. The third-order valence-corrected chi connectivity index (χ3v) is 4.77. The number of carbonyl (C=O) groups excluding carboxylic acids is 2. The first-order valence-corrected chi connectivity index (χ1v) is 10.4. The predicted octanol–water partition coefficient (Wildman–Crippen LogP) is 3.81. The fourth-order valence-corrected chi connectivity index (χ4v) is 3.58. The second-order valence-corrected chi connectivity index (χ2v) is 9.72. The Labute approximate surface area is 183 Å². The molecule has 0 saturated carbocycles. The lowest BCUT2D eigenvalue weighted by Gasteiger charge is -2.26. The van der Waals surface area contributed by atoms with Crippen LogP contribution in [0.5, 0.6) is 5.75 Å². The summed E-state index contributed by atoms with van der Waals surface area (Å²) in [5.74, 6) is 5.78. The maximum Gasteiger partial charge on any atom is 0.337 e. The normalized spacial score (nSPS) is 22.6. The standard InChI is InChI=1S/C25H30O6/c1-24(2,3)30-22(26)19-18-14-16(11-8-15-9-12-17(28-7)13-10-15)21(29-18)20(19)23(27)31-25(4,5)6/h9-10,12-13,16,18,21H,14H2,1-7H3. The SMILES string of the molecule is COc1ccc(C#CC2CC3OC2C(C(=O)OC(C)(C)C)=C3C(=O)OC(C)(C)C)cc1. The lowest BCUT2D eigenvalue weighted by molar-refractivity contribution is -0.153. The summed E-state index contributed by atoms with van der Waals surface area (Å²) in [6.07, 6.45) is -0.625. The second-order valence-electron chi connectivity index (χ2n) is 9.72. The molecule has 31 heavy (non-hydrogen) atoms. The maximum atomic E-state index is 13.0. The van der Waals surface area contributed by atoms with Crippen molar-refractivity contribution in [3.63, 3.8) is 0 Å². The van der Waals surface area contributed by atoms with Gasteiger partial charge in [-0.2, -0.15) is 0 Å². The maximum absolute atomic E-state index is 13.0. The molecule has 0 amide bonds. The van der Waals surface area contributed by atoms with E-state index in [1.807, 2.05) is 24.3 Å². The van der Waals surface area contributed by atoms with Crippen molar-refractivity contribution in [1.29, 1.82) is 0 Å². The molecule has 1 saturated heterocycles. The fraction of sp³-hybridized carbons (Fsp3) is 0.520. The Hall–Kier alpha value is -2.78. The zero-order valence-corrected chi connectivity index (χ0v) is 19.2. The third-order valence-electron chi connectivity index (χ3n) is 4.77. The highest BCUT2D eigenvalue weighted by Crippen LogP contribution is 2.44.